The van der Waals surface area contributed by atoms with Crippen LogP contribution >= 0.6 is 0 Å². The van der Waals surface area contributed by atoms with Crippen LogP contribution in [0.15, 0.2) is 0 Å². The van der Waals surface area contributed by atoms with Gasteiger partial charge in [-0.2, -0.15) is 0 Å². The van der Waals surface area contributed by atoms with Crippen molar-refractivity contribution in [2.75, 3.05) is 13.2 Å². The van der Waals surface area contributed by atoms with Crippen molar-refractivity contribution in [1.82, 2.24) is 0 Å². The van der Waals surface area contributed by atoms with Gasteiger partial charge in [0, 0.05) is 13.2 Å². The topological polar surface area (TPSA) is 40.5 Å². The van der Waals surface area contributed by atoms with Gasteiger partial charge in [-0.25, -0.2) is 0 Å². The van der Waals surface area contributed by atoms with Crippen LogP contribution in [0.5, 0.6) is 0 Å². The number of hydrogen-bond donors (Lipinski definition) is 2. The van der Waals surface area contributed by atoms with Gasteiger partial charge in [-0.05, 0) is 18.8 Å². The highest BCUT2D eigenvalue weighted by Gasteiger charge is 2.04. The molecule has 0 aliphatic heterocycles. The second-order valence-corrected chi connectivity index (χ2v) is 2.68. The van der Waals surface area contributed by atoms with Crippen molar-refractivity contribution in [3.63, 3.8) is 0 Å². The van der Waals surface area contributed by atoms with Gasteiger partial charge < -0.3 is 10.2 Å². The van der Waals surface area contributed by atoms with Crippen LogP contribution in [0.4, 0.5) is 0 Å². The fourth-order valence-electron chi connectivity index (χ4n) is 1.21. The highest BCUT2D eigenvalue weighted by atomic mass is 16.3. The molecule has 0 fully saturated rings. The molecule has 0 spiro atoms. The van der Waals surface area contributed by atoms with E-state index in [1.54, 1.807) is 0 Å². The van der Waals surface area contributed by atoms with E-state index in [9.17, 15) is 0 Å². The zero-order valence-corrected chi connectivity index (χ0v) is 6.71. The molecule has 0 atom stereocenters. The van der Waals surface area contributed by atoms with E-state index in [0.29, 0.717) is 5.92 Å². The molecule has 0 aliphatic carbocycles. The fraction of sp³-hybridized carbons (Fsp3) is 1.00. The summed E-state index contributed by atoms with van der Waals surface area (Å²) in [6.07, 6.45) is 3.95. The monoisotopic (exact) mass is 146 g/mol. The minimum absolute atomic E-state index is 0.255. The first-order valence-corrected chi connectivity index (χ1v) is 4.06. The van der Waals surface area contributed by atoms with Crippen molar-refractivity contribution in [3.8, 4) is 0 Å². The summed E-state index contributed by atoms with van der Waals surface area (Å²) < 4.78 is 0. The van der Waals surface area contributed by atoms with Gasteiger partial charge in [0.25, 0.3) is 0 Å². The van der Waals surface area contributed by atoms with Gasteiger partial charge >= 0.3 is 0 Å². The van der Waals surface area contributed by atoms with Crippen LogP contribution in [0, 0.1) is 5.92 Å². The zero-order valence-electron chi connectivity index (χ0n) is 6.71. The number of rotatable bonds is 6. The van der Waals surface area contributed by atoms with Gasteiger partial charge in [-0.1, -0.05) is 19.8 Å². The van der Waals surface area contributed by atoms with Crippen LogP contribution in [-0.4, -0.2) is 23.4 Å². The third-order valence-corrected chi connectivity index (χ3v) is 1.77. The Labute approximate surface area is 62.9 Å². The van der Waals surface area contributed by atoms with Gasteiger partial charge in [0.05, 0.1) is 0 Å². The van der Waals surface area contributed by atoms with Gasteiger partial charge in [-0.3, -0.25) is 0 Å². The smallest absolute Gasteiger partial charge is 0.0433 e. The average molecular weight is 146 g/mol. The number of hydrogen-bond acceptors (Lipinski definition) is 2. The van der Waals surface area contributed by atoms with Crippen LogP contribution in [-0.2, 0) is 0 Å². The zero-order chi connectivity index (χ0) is 7.82. The van der Waals surface area contributed by atoms with Crippen LogP contribution < -0.4 is 0 Å². The van der Waals surface area contributed by atoms with Crippen LogP contribution in [0.25, 0.3) is 0 Å². The van der Waals surface area contributed by atoms with Crippen LogP contribution in [0.1, 0.15) is 32.6 Å². The van der Waals surface area contributed by atoms with Gasteiger partial charge in [0.2, 0.25) is 0 Å². The molecule has 2 heteroatoms. The number of aliphatic hydroxyl groups excluding tert-OH is 2. The summed E-state index contributed by atoms with van der Waals surface area (Å²) in [4.78, 5) is 0. The SMILES string of the molecule is CCCC(CCO)CCO. The summed E-state index contributed by atoms with van der Waals surface area (Å²) in [6, 6.07) is 0. The maximum atomic E-state index is 8.61. The first kappa shape index (κ1) is 9.92. The lowest BCUT2D eigenvalue weighted by Gasteiger charge is -2.11. The fourth-order valence-corrected chi connectivity index (χ4v) is 1.21. The first-order chi connectivity index (χ1) is 4.85. The van der Waals surface area contributed by atoms with E-state index in [-0.39, 0.29) is 13.2 Å². The van der Waals surface area contributed by atoms with Gasteiger partial charge in [-0.15, -0.1) is 0 Å². The second-order valence-electron chi connectivity index (χ2n) is 2.68. The quantitative estimate of drug-likeness (QED) is 0.590. The molecular weight excluding hydrogens is 128 g/mol. The summed E-state index contributed by atoms with van der Waals surface area (Å²) in [5, 5.41) is 17.2. The predicted octanol–water partition coefficient (Wildman–Crippen LogP) is 1.17. The van der Waals surface area contributed by atoms with Crippen molar-refractivity contribution in [3.05, 3.63) is 0 Å². The van der Waals surface area contributed by atoms with E-state index in [1.165, 1.54) is 0 Å². The van der Waals surface area contributed by atoms with E-state index < -0.39 is 0 Å². The Bertz CT molecular complexity index is 50.0. The molecule has 0 aromatic rings. The molecule has 0 unspecified atom stereocenters. The Morgan fingerprint density at radius 3 is 1.80 bits per heavy atom. The minimum atomic E-state index is 0.255. The Balaban J connectivity index is 3.30. The Hall–Kier alpha value is -0.0800. The molecule has 2 N–H and O–H groups in total. The van der Waals surface area contributed by atoms with Crippen LogP contribution in [0.3, 0.4) is 0 Å². The summed E-state index contributed by atoms with van der Waals surface area (Å²) >= 11 is 0. The molecule has 0 aromatic carbocycles. The molecule has 0 radical (unpaired) electrons. The molecule has 10 heavy (non-hydrogen) atoms. The molecule has 0 bridgehead atoms. The van der Waals surface area contributed by atoms with Crippen molar-refractivity contribution in [1.29, 1.82) is 0 Å². The Morgan fingerprint density at radius 2 is 1.50 bits per heavy atom. The van der Waals surface area contributed by atoms with Crippen LogP contribution in [0.2, 0.25) is 0 Å². The molecule has 62 valence electrons. The lowest BCUT2D eigenvalue weighted by molar-refractivity contribution is 0.209. The molecule has 0 amide bonds. The summed E-state index contributed by atoms with van der Waals surface area (Å²) in [6.45, 7) is 2.64. The lowest BCUT2D eigenvalue weighted by atomic mass is 9.97. The molecule has 0 saturated carbocycles. The van der Waals surface area contributed by atoms with Crippen molar-refractivity contribution >= 4 is 0 Å². The van der Waals surface area contributed by atoms with Gasteiger partial charge in [0.15, 0.2) is 0 Å². The average Bonchev–Trinajstić information content (AvgIpc) is 1.90. The maximum Gasteiger partial charge on any atom is 0.0433 e. The summed E-state index contributed by atoms with van der Waals surface area (Å²) in [5.41, 5.74) is 0. The molecule has 0 aliphatic rings. The maximum absolute atomic E-state index is 8.61. The third-order valence-electron chi connectivity index (χ3n) is 1.77. The molecule has 0 saturated heterocycles. The van der Waals surface area contributed by atoms with E-state index in [2.05, 4.69) is 6.92 Å². The lowest BCUT2D eigenvalue weighted by Crippen LogP contribution is -2.04. The number of aliphatic hydroxyl groups is 2. The predicted molar refractivity (Wildman–Crippen MR) is 41.8 cm³/mol. The van der Waals surface area contributed by atoms with Crippen molar-refractivity contribution in [2.24, 2.45) is 5.92 Å². The Kier molecular flexibility index (Phi) is 6.98. The molecule has 0 heterocycles. The minimum Gasteiger partial charge on any atom is -0.396 e. The van der Waals surface area contributed by atoms with Crippen molar-refractivity contribution in [2.45, 2.75) is 32.6 Å². The second kappa shape index (κ2) is 7.03. The molecule has 0 aromatic heterocycles. The first-order valence-electron chi connectivity index (χ1n) is 4.06. The largest absolute Gasteiger partial charge is 0.396 e. The van der Waals surface area contributed by atoms with E-state index in [0.717, 1.165) is 25.7 Å². The summed E-state index contributed by atoms with van der Waals surface area (Å²) in [5.74, 6) is 0.528. The van der Waals surface area contributed by atoms with Gasteiger partial charge in [0.1, 0.15) is 0 Å². The molecule has 2 nitrogen and oxygen atoms in total. The standard InChI is InChI=1S/C8H18O2/c1-2-3-8(4-6-9)5-7-10/h8-10H,2-7H2,1H3. The molecule has 0 rings (SSSR count). The van der Waals surface area contributed by atoms with Crippen molar-refractivity contribution < 1.29 is 10.2 Å². The normalized spacial score (nSPS) is 10.8. The van der Waals surface area contributed by atoms with E-state index in [1.807, 2.05) is 0 Å². The van der Waals surface area contributed by atoms with E-state index in [4.69, 9.17) is 10.2 Å². The third kappa shape index (κ3) is 4.77. The highest BCUT2D eigenvalue weighted by Crippen LogP contribution is 2.13. The Morgan fingerprint density at radius 1 is 1.00 bits per heavy atom. The van der Waals surface area contributed by atoms with E-state index >= 15 is 0 Å². The highest BCUT2D eigenvalue weighted by molar-refractivity contribution is 4.56. The molecular formula is C8H18O2. The summed E-state index contributed by atoms with van der Waals surface area (Å²) in [7, 11) is 0.